The van der Waals surface area contributed by atoms with Gasteiger partial charge in [0.15, 0.2) is 5.78 Å². The Balaban J connectivity index is 2.44. The second-order valence-electron chi connectivity index (χ2n) is 4.09. The smallest absolute Gasteiger partial charge is 0.196 e. The summed E-state index contributed by atoms with van der Waals surface area (Å²) in [6.45, 7) is 3.43. The third-order valence-corrected chi connectivity index (χ3v) is 2.69. The largest absolute Gasteiger partial charge is 0.288 e. The van der Waals surface area contributed by atoms with Gasteiger partial charge in [-0.3, -0.25) is 9.48 Å². The van der Waals surface area contributed by atoms with Crippen molar-refractivity contribution in [1.82, 2.24) is 9.78 Å². The molecular weight excluding hydrogens is 219 g/mol. The Kier molecular flexibility index (Phi) is 2.79. The molecule has 0 aliphatic heterocycles. The fourth-order valence-electron chi connectivity index (χ4n) is 1.71. The first kappa shape index (κ1) is 11.5. The van der Waals surface area contributed by atoms with Gasteiger partial charge in [0.2, 0.25) is 0 Å². The molecule has 2 rings (SSSR count). The molecule has 0 aliphatic rings. The molecule has 0 fully saturated rings. The molecule has 1 heterocycles. The van der Waals surface area contributed by atoms with Crippen LogP contribution in [0.1, 0.15) is 27.2 Å². The van der Waals surface area contributed by atoms with E-state index >= 15 is 0 Å². The third kappa shape index (κ3) is 2.11. The number of aryl methyl sites for hydroxylation is 3. The molecule has 0 aliphatic carbocycles. The van der Waals surface area contributed by atoms with Crippen LogP contribution in [-0.4, -0.2) is 15.6 Å². The maximum atomic E-state index is 13.4. The van der Waals surface area contributed by atoms with Gasteiger partial charge in [-0.2, -0.15) is 5.10 Å². The number of hydrogen-bond donors (Lipinski definition) is 0. The summed E-state index contributed by atoms with van der Waals surface area (Å²) in [7, 11) is 1.75. The summed E-state index contributed by atoms with van der Waals surface area (Å²) in [5.74, 6) is -0.563. The molecule has 17 heavy (non-hydrogen) atoms. The number of carbonyl (C=O) groups excluding carboxylic acids is 1. The van der Waals surface area contributed by atoms with Gasteiger partial charge in [-0.15, -0.1) is 0 Å². The highest BCUT2D eigenvalue weighted by Crippen LogP contribution is 2.15. The lowest BCUT2D eigenvalue weighted by Crippen LogP contribution is -2.03. The molecule has 0 saturated heterocycles. The lowest BCUT2D eigenvalue weighted by molar-refractivity contribution is 0.103. The molecule has 0 amide bonds. The summed E-state index contributed by atoms with van der Waals surface area (Å²) in [4.78, 5) is 12.1. The SMILES string of the molecule is Cc1ccc(C(=O)c2cn(C)nc2C)cc1F. The van der Waals surface area contributed by atoms with E-state index in [1.54, 1.807) is 43.9 Å². The number of ketones is 1. The minimum absolute atomic E-state index is 0.200. The van der Waals surface area contributed by atoms with E-state index in [2.05, 4.69) is 5.10 Å². The first-order chi connectivity index (χ1) is 7.99. The van der Waals surface area contributed by atoms with Gasteiger partial charge in [0.25, 0.3) is 0 Å². The molecule has 0 radical (unpaired) electrons. The second-order valence-corrected chi connectivity index (χ2v) is 4.09. The molecule has 2 aromatic rings. The molecule has 4 heteroatoms. The molecule has 0 atom stereocenters. The highest BCUT2D eigenvalue weighted by atomic mass is 19.1. The Labute approximate surface area is 98.9 Å². The van der Waals surface area contributed by atoms with Crippen molar-refractivity contribution in [3.63, 3.8) is 0 Å². The number of benzene rings is 1. The van der Waals surface area contributed by atoms with Crippen LogP contribution in [0.15, 0.2) is 24.4 Å². The number of rotatable bonds is 2. The molecule has 0 saturated carbocycles. The van der Waals surface area contributed by atoms with Crippen LogP contribution >= 0.6 is 0 Å². The summed E-state index contributed by atoms with van der Waals surface area (Å²) >= 11 is 0. The summed E-state index contributed by atoms with van der Waals surface area (Å²) < 4.78 is 15.0. The van der Waals surface area contributed by atoms with Gasteiger partial charge in [-0.1, -0.05) is 12.1 Å². The molecular formula is C13H13FN2O. The van der Waals surface area contributed by atoms with Gasteiger partial charge in [0.05, 0.1) is 11.3 Å². The molecule has 3 nitrogen and oxygen atoms in total. The third-order valence-electron chi connectivity index (χ3n) is 2.69. The topological polar surface area (TPSA) is 34.9 Å². The number of carbonyl (C=O) groups is 1. The van der Waals surface area contributed by atoms with E-state index in [0.29, 0.717) is 22.4 Å². The molecule has 0 N–H and O–H groups in total. The monoisotopic (exact) mass is 232 g/mol. The highest BCUT2D eigenvalue weighted by molar-refractivity contribution is 6.09. The van der Waals surface area contributed by atoms with Gasteiger partial charge in [-0.25, -0.2) is 4.39 Å². The maximum Gasteiger partial charge on any atom is 0.196 e. The Morgan fingerprint density at radius 2 is 2.06 bits per heavy atom. The van der Waals surface area contributed by atoms with Crippen molar-refractivity contribution >= 4 is 5.78 Å². The zero-order valence-electron chi connectivity index (χ0n) is 9.99. The van der Waals surface area contributed by atoms with E-state index in [-0.39, 0.29) is 11.6 Å². The minimum atomic E-state index is -0.364. The quantitative estimate of drug-likeness (QED) is 0.745. The van der Waals surface area contributed by atoms with Crippen LogP contribution in [0.25, 0.3) is 0 Å². The van der Waals surface area contributed by atoms with Crippen molar-refractivity contribution in [2.24, 2.45) is 7.05 Å². The Morgan fingerprint density at radius 1 is 1.35 bits per heavy atom. The highest BCUT2D eigenvalue weighted by Gasteiger charge is 2.15. The van der Waals surface area contributed by atoms with Crippen molar-refractivity contribution in [3.05, 3.63) is 52.6 Å². The zero-order chi connectivity index (χ0) is 12.6. The minimum Gasteiger partial charge on any atom is -0.288 e. The fourth-order valence-corrected chi connectivity index (χ4v) is 1.71. The van der Waals surface area contributed by atoms with Gasteiger partial charge in [0.1, 0.15) is 5.82 Å². The molecule has 0 unspecified atom stereocenters. The molecule has 1 aromatic carbocycles. The Hall–Kier alpha value is -1.97. The van der Waals surface area contributed by atoms with Crippen molar-refractivity contribution < 1.29 is 9.18 Å². The first-order valence-corrected chi connectivity index (χ1v) is 5.30. The van der Waals surface area contributed by atoms with E-state index in [4.69, 9.17) is 0 Å². The fraction of sp³-hybridized carbons (Fsp3) is 0.231. The number of hydrogen-bond acceptors (Lipinski definition) is 2. The number of nitrogens with zero attached hydrogens (tertiary/aromatic N) is 2. The zero-order valence-corrected chi connectivity index (χ0v) is 9.99. The van der Waals surface area contributed by atoms with Crippen LogP contribution in [-0.2, 0) is 7.05 Å². The number of halogens is 1. The second kappa shape index (κ2) is 4.13. The number of aromatic nitrogens is 2. The van der Waals surface area contributed by atoms with Gasteiger partial charge in [0, 0.05) is 18.8 Å². The van der Waals surface area contributed by atoms with E-state index in [1.807, 2.05) is 0 Å². The van der Waals surface area contributed by atoms with Crippen LogP contribution in [0.3, 0.4) is 0 Å². The normalized spacial score (nSPS) is 10.6. The van der Waals surface area contributed by atoms with Crippen LogP contribution < -0.4 is 0 Å². The van der Waals surface area contributed by atoms with Crippen molar-refractivity contribution in [3.8, 4) is 0 Å². The summed E-state index contributed by atoms with van der Waals surface area (Å²) in [5, 5.41) is 4.10. The summed E-state index contributed by atoms with van der Waals surface area (Å²) in [6.07, 6.45) is 1.65. The standard InChI is InChI=1S/C13H13FN2O/c1-8-4-5-10(6-12(8)14)13(17)11-7-16(3)15-9(11)2/h4-7H,1-3H3. The first-order valence-electron chi connectivity index (χ1n) is 5.30. The summed E-state index contributed by atoms with van der Waals surface area (Å²) in [6, 6.07) is 4.51. The van der Waals surface area contributed by atoms with E-state index in [1.165, 1.54) is 6.07 Å². The lowest BCUT2D eigenvalue weighted by Gasteiger charge is -2.01. The predicted octanol–water partition coefficient (Wildman–Crippen LogP) is 2.41. The summed E-state index contributed by atoms with van der Waals surface area (Å²) in [5.41, 5.74) is 2.04. The predicted molar refractivity (Wildman–Crippen MR) is 62.5 cm³/mol. The van der Waals surface area contributed by atoms with E-state index < -0.39 is 0 Å². The molecule has 0 bridgehead atoms. The average molecular weight is 232 g/mol. The Bertz CT molecular complexity index is 587. The molecule has 1 aromatic heterocycles. The molecule has 0 spiro atoms. The van der Waals surface area contributed by atoms with Crippen LogP contribution in [0, 0.1) is 19.7 Å². The van der Waals surface area contributed by atoms with Crippen molar-refractivity contribution in [2.75, 3.05) is 0 Å². The van der Waals surface area contributed by atoms with Gasteiger partial charge >= 0.3 is 0 Å². The maximum absolute atomic E-state index is 13.4. The van der Waals surface area contributed by atoms with Crippen molar-refractivity contribution in [2.45, 2.75) is 13.8 Å². The van der Waals surface area contributed by atoms with Crippen LogP contribution in [0.2, 0.25) is 0 Å². The van der Waals surface area contributed by atoms with E-state index in [0.717, 1.165) is 0 Å². The van der Waals surface area contributed by atoms with Gasteiger partial charge < -0.3 is 0 Å². The van der Waals surface area contributed by atoms with Gasteiger partial charge in [-0.05, 0) is 25.5 Å². The molecule has 88 valence electrons. The van der Waals surface area contributed by atoms with Crippen LogP contribution in [0.4, 0.5) is 4.39 Å². The Morgan fingerprint density at radius 3 is 2.59 bits per heavy atom. The van der Waals surface area contributed by atoms with Crippen LogP contribution in [0.5, 0.6) is 0 Å². The lowest BCUT2D eigenvalue weighted by atomic mass is 10.0. The average Bonchev–Trinajstić information content (AvgIpc) is 2.61. The van der Waals surface area contributed by atoms with Crippen molar-refractivity contribution in [1.29, 1.82) is 0 Å². The van der Waals surface area contributed by atoms with E-state index in [9.17, 15) is 9.18 Å².